The number of hydrogen-bond acceptors (Lipinski definition) is 4. The van der Waals surface area contributed by atoms with E-state index in [1.165, 1.54) is 4.88 Å². The monoisotopic (exact) mass is 405 g/mol. The van der Waals surface area contributed by atoms with Gasteiger partial charge in [-0.05, 0) is 67.9 Å². The number of anilines is 1. The Hall–Kier alpha value is -1.89. The van der Waals surface area contributed by atoms with Crippen molar-refractivity contribution in [3.8, 4) is 0 Å². The van der Waals surface area contributed by atoms with Crippen LogP contribution in [0.25, 0.3) is 0 Å². The summed E-state index contributed by atoms with van der Waals surface area (Å²) in [5, 5.41) is 8.01. The lowest BCUT2D eigenvalue weighted by Gasteiger charge is -2.31. The summed E-state index contributed by atoms with van der Waals surface area (Å²) in [5.74, 6) is -0.854. The molecule has 2 amide bonds. The number of nitrogens with zero attached hydrogens (tertiary/aromatic N) is 1. The third-order valence-electron chi connectivity index (χ3n) is 4.85. The van der Waals surface area contributed by atoms with Crippen LogP contribution in [0.5, 0.6) is 0 Å². The lowest BCUT2D eigenvalue weighted by Crippen LogP contribution is -2.41. The molecule has 1 aromatic heterocycles. The van der Waals surface area contributed by atoms with E-state index >= 15 is 0 Å². The van der Waals surface area contributed by atoms with Gasteiger partial charge in [-0.2, -0.15) is 0 Å². The summed E-state index contributed by atoms with van der Waals surface area (Å²) in [5.41, 5.74) is 1.44. The number of amides is 2. The highest BCUT2D eigenvalue weighted by molar-refractivity contribution is 7.09. The fraction of sp³-hybridized carbons (Fsp3) is 0.400. The highest BCUT2D eigenvalue weighted by Crippen LogP contribution is 2.21. The van der Waals surface area contributed by atoms with Gasteiger partial charge in [0.15, 0.2) is 0 Å². The van der Waals surface area contributed by atoms with Crippen molar-refractivity contribution in [2.75, 3.05) is 25.0 Å². The van der Waals surface area contributed by atoms with Gasteiger partial charge in [0.1, 0.15) is 0 Å². The first-order chi connectivity index (χ1) is 13.0. The zero-order valence-electron chi connectivity index (χ0n) is 15.3. The van der Waals surface area contributed by atoms with Crippen molar-refractivity contribution in [2.45, 2.75) is 26.3 Å². The number of thiophene rings is 1. The largest absolute Gasteiger partial charge is 0.348 e. The average Bonchev–Trinajstić information content (AvgIpc) is 3.17. The Labute approximate surface area is 168 Å². The minimum atomic E-state index is -0.662. The molecule has 1 saturated heterocycles. The van der Waals surface area contributed by atoms with E-state index in [4.69, 9.17) is 11.6 Å². The quantitative estimate of drug-likeness (QED) is 0.746. The van der Waals surface area contributed by atoms with Crippen molar-refractivity contribution < 1.29 is 9.59 Å². The highest BCUT2D eigenvalue weighted by atomic mass is 35.5. The predicted molar refractivity (Wildman–Crippen MR) is 110 cm³/mol. The number of carbonyl (C=O) groups is 2. The van der Waals surface area contributed by atoms with Gasteiger partial charge in [0, 0.05) is 28.7 Å². The van der Waals surface area contributed by atoms with Crippen molar-refractivity contribution >= 4 is 40.4 Å². The van der Waals surface area contributed by atoms with Crippen LogP contribution in [0.3, 0.4) is 0 Å². The Bertz CT molecular complexity index is 787. The van der Waals surface area contributed by atoms with E-state index in [2.05, 4.69) is 33.0 Å². The van der Waals surface area contributed by atoms with Gasteiger partial charge in [0.2, 0.25) is 0 Å². The smallest absolute Gasteiger partial charge is 0.313 e. The summed E-state index contributed by atoms with van der Waals surface area (Å²) in [6, 6.07) is 9.43. The molecular formula is C20H24ClN3O2S. The number of likely N-dealkylation sites (tertiary alicyclic amines) is 1. The van der Waals surface area contributed by atoms with Gasteiger partial charge in [-0.15, -0.1) is 11.3 Å². The molecule has 0 aliphatic carbocycles. The van der Waals surface area contributed by atoms with E-state index in [9.17, 15) is 9.59 Å². The molecule has 2 aromatic rings. The van der Waals surface area contributed by atoms with Crippen LogP contribution in [0.4, 0.5) is 5.69 Å². The van der Waals surface area contributed by atoms with E-state index in [1.807, 2.05) is 6.92 Å². The van der Waals surface area contributed by atoms with Crippen molar-refractivity contribution in [1.29, 1.82) is 0 Å². The summed E-state index contributed by atoms with van der Waals surface area (Å²) in [7, 11) is 0. The van der Waals surface area contributed by atoms with E-state index in [1.54, 1.807) is 29.5 Å². The maximum absolute atomic E-state index is 12.1. The molecule has 3 rings (SSSR count). The molecule has 2 heterocycles. The molecule has 1 fully saturated rings. The first-order valence-electron chi connectivity index (χ1n) is 9.11. The predicted octanol–water partition coefficient (Wildman–Crippen LogP) is 3.68. The second-order valence-corrected chi connectivity index (χ2v) is 8.37. The van der Waals surface area contributed by atoms with Crippen LogP contribution in [0.15, 0.2) is 35.7 Å². The maximum Gasteiger partial charge on any atom is 0.313 e. The fourth-order valence-corrected chi connectivity index (χ4v) is 4.07. The van der Waals surface area contributed by atoms with Crippen LogP contribution in [0.2, 0.25) is 5.02 Å². The minimum Gasteiger partial charge on any atom is -0.348 e. The zero-order valence-corrected chi connectivity index (χ0v) is 16.9. The van der Waals surface area contributed by atoms with Crippen molar-refractivity contribution in [1.82, 2.24) is 10.2 Å². The van der Waals surface area contributed by atoms with Crippen LogP contribution >= 0.6 is 22.9 Å². The molecule has 5 nitrogen and oxygen atoms in total. The van der Waals surface area contributed by atoms with E-state index in [0.717, 1.165) is 38.0 Å². The number of aryl methyl sites for hydroxylation is 1. The third kappa shape index (κ3) is 5.79. The molecule has 0 atom stereocenters. The van der Waals surface area contributed by atoms with Crippen LogP contribution in [0.1, 0.15) is 23.3 Å². The maximum atomic E-state index is 12.1. The van der Waals surface area contributed by atoms with Crippen LogP contribution in [0, 0.1) is 12.8 Å². The van der Waals surface area contributed by atoms with Gasteiger partial charge in [-0.3, -0.25) is 14.5 Å². The number of benzene rings is 1. The Morgan fingerprint density at radius 1 is 1.22 bits per heavy atom. The van der Waals surface area contributed by atoms with E-state index in [0.29, 0.717) is 23.2 Å². The molecule has 7 heteroatoms. The molecule has 1 aromatic carbocycles. The van der Waals surface area contributed by atoms with Crippen molar-refractivity contribution in [3.63, 3.8) is 0 Å². The first-order valence-corrected chi connectivity index (χ1v) is 10.4. The molecule has 1 aliphatic heterocycles. The Morgan fingerprint density at radius 3 is 2.67 bits per heavy atom. The summed E-state index contributed by atoms with van der Waals surface area (Å²) in [4.78, 5) is 27.9. The molecule has 1 aliphatic rings. The molecule has 0 spiro atoms. The summed E-state index contributed by atoms with van der Waals surface area (Å²) < 4.78 is 0. The number of hydrogen-bond donors (Lipinski definition) is 2. The Morgan fingerprint density at radius 2 is 2.00 bits per heavy atom. The number of carbonyl (C=O) groups excluding carboxylic acids is 2. The van der Waals surface area contributed by atoms with Gasteiger partial charge >= 0.3 is 11.8 Å². The molecule has 0 radical (unpaired) electrons. The number of nitrogens with one attached hydrogen (secondary N) is 2. The molecule has 2 N–H and O–H groups in total. The van der Waals surface area contributed by atoms with Gasteiger partial charge in [0.05, 0.1) is 0 Å². The number of rotatable bonds is 5. The molecule has 0 bridgehead atoms. The van der Waals surface area contributed by atoms with Gasteiger partial charge in [-0.25, -0.2) is 0 Å². The lowest BCUT2D eigenvalue weighted by atomic mass is 9.97. The zero-order chi connectivity index (χ0) is 19.2. The van der Waals surface area contributed by atoms with Gasteiger partial charge < -0.3 is 10.6 Å². The summed E-state index contributed by atoms with van der Waals surface area (Å²) in [6.45, 7) is 5.46. The topological polar surface area (TPSA) is 61.4 Å². The second kappa shape index (κ2) is 9.35. The molecule has 0 saturated carbocycles. The molecule has 144 valence electrons. The average molecular weight is 406 g/mol. The van der Waals surface area contributed by atoms with Crippen LogP contribution < -0.4 is 10.6 Å². The van der Waals surface area contributed by atoms with Gasteiger partial charge in [0.25, 0.3) is 0 Å². The van der Waals surface area contributed by atoms with E-state index in [-0.39, 0.29) is 0 Å². The number of halogens is 1. The minimum absolute atomic E-state index is 0.412. The Balaban J connectivity index is 1.38. The normalized spacial score (nSPS) is 15.5. The van der Waals surface area contributed by atoms with Crippen molar-refractivity contribution in [3.05, 3.63) is 51.2 Å². The van der Waals surface area contributed by atoms with Crippen LogP contribution in [-0.2, 0) is 16.1 Å². The fourth-order valence-electron chi connectivity index (χ4n) is 3.15. The second-order valence-electron chi connectivity index (χ2n) is 6.93. The Kier molecular flexibility index (Phi) is 6.88. The SMILES string of the molecule is Cc1ccc(NC(=O)C(=O)NCC2CCN(Cc3cccs3)CC2)cc1Cl. The standard InChI is InChI=1S/C20H24ClN3O2S/c1-14-4-5-16(11-18(14)21)23-20(26)19(25)22-12-15-6-8-24(9-7-15)13-17-3-2-10-27-17/h2-5,10-11,15H,6-9,12-13H2,1H3,(H,22,25)(H,23,26). The first kappa shape index (κ1) is 19.9. The van der Waals surface area contributed by atoms with E-state index < -0.39 is 11.8 Å². The molecule has 0 unspecified atom stereocenters. The highest BCUT2D eigenvalue weighted by Gasteiger charge is 2.21. The summed E-state index contributed by atoms with van der Waals surface area (Å²) in [6.07, 6.45) is 2.06. The number of piperidine rings is 1. The van der Waals surface area contributed by atoms with Gasteiger partial charge in [-0.1, -0.05) is 23.7 Å². The van der Waals surface area contributed by atoms with Crippen molar-refractivity contribution in [2.24, 2.45) is 5.92 Å². The lowest BCUT2D eigenvalue weighted by molar-refractivity contribution is -0.136. The van der Waals surface area contributed by atoms with Crippen LogP contribution in [-0.4, -0.2) is 36.3 Å². The third-order valence-corrected chi connectivity index (χ3v) is 6.12. The molecular weight excluding hydrogens is 382 g/mol. The summed E-state index contributed by atoms with van der Waals surface area (Å²) >= 11 is 7.83. The molecule has 27 heavy (non-hydrogen) atoms.